The molecule has 44 heavy (non-hydrogen) atoms. The molecular formula is C36H32N2O6. The molecule has 0 unspecified atom stereocenters. The van der Waals surface area contributed by atoms with Crippen LogP contribution in [0.15, 0.2) is 121 Å². The van der Waals surface area contributed by atoms with Gasteiger partial charge >= 0.3 is 5.97 Å². The van der Waals surface area contributed by atoms with Gasteiger partial charge in [0.15, 0.2) is 0 Å². The van der Waals surface area contributed by atoms with Gasteiger partial charge in [0.2, 0.25) is 0 Å². The van der Waals surface area contributed by atoms with Gasteiger partial charge in [-0.05, 0) is 82.6 Å². The third-order valence-corrected chi connectivity index (χ3v) is 7.11. The molecule has 0 saturated carbocycles. The number of hydrogen-bond donors (Lipinski definition) is 4. The molecule has 0 fully saturated rings. The van der Waals surface area contributed by atoms with Crippen LogP contribution >= 0.6 is 0 Å². The van der Waals surface area contributed by atoms with Crippen molar-refractivity contribution in [1.29, 1.82) is 0 Å². The lowest BCUT2D eigenvalue weighted by atomic mass is 9.98. The minimum Gasteiger partial charge on any atom is -0.478 e. The molecule has 0 atom stereocenters. The highest BCUT2D eigenvalue weighted by atomic mass is 17.1. The smallest absolute Gasteiger partial charge is 0.336 e. The molecule has 0 spiro atoms. The van der Waals surface area contributed by atoms with Gasteiger partial charge in [-0.1, -0.05) is 84.9 Å². The van der Waals surface area contributed by atoms with Crippen molar-refractivity contribution in [2.24, 2.45) is 0 Å². The van der Waals surface area contributed by atoms with Crippen LogP contribution in [0.1, 0.15) is 54.1 Å². The fourth-order valence-electron chi connectivity index (χ4n) is 4.89. The molecule has 1 amide bonds. The van der Waals surface area contributed by atoms with Crippen LogP contribution in [-0.4, -0.2) is 22.2 Å². The SMILES string of the molecule is O=C(O)c1ccc(Cc2ccccc2)cc1C(=O)Nc1ccc(NOCc2cc(Cc3ccccc3)ccc2COO)cc1. The van der Waals surface area contributed by atoms with Crippen LogP contribution < -0.4 is 10.8 Å². The second kappa shape index (κ2) is 14.8. The van der Waals surface area contributed by atoms with E-state index in [0.717, 1.165) is 34.2 Å². The zero-order valence-electron chi connectivity index (χ0n) is 23.9. The van der Waals surface area contributed by atoms with Crippen molar-refractivity contribution in [3.63, 3.8) is 0 Å². The van der Waals surface area contributed by atoms with Gasteiger partial charge in [0.1, 0.15) is 13.2 Å². The Kier molecular flexibility index (Phi) is 10.1. The quantitative estimate of drug-likeness (QED) is 0.0839. The molecule has 5 rings (SSSR count). The van der Waals surface area contributed by atoms with Crippen molar-refractivity contribution in [2.75, 3.05) is 10.8 Å². The Balaban J connectivity index is 1.21. The summed E-state index contributed by atoms with van der Waals surface area (Å²) in [5.41, 5.74) is 9.95. The van der Waals surface area contributed by atoms with E-state index in [9.17, 15) is 14.7 Å². The van der Waals surface area contributed by atoms with E-state index in [2.05, 4.69) is 27.8 Å². The molecule has 0 radical (unpaired) electrons. The van der Waals surface area contributed by atoms with Crippen LogP contribution in [0.3, 0.4) is 0 Å². The second-order valence-electron chi connectivity index (χ2n) is 10.3. The summed E-state index contributed by atoms with van der Waals surface area (Å²) in [4.78, 5) is 35.1. The largest absolute Gasteiger partial charge is 0.478 e. The lowest BCUT2D eigenvalue weighted by molar-refractivity contribution is -0.253. The minimum atomic E-state index is -1.17. The van der Waals surface area contributed by atoms with E-state index in [-0.39, 0.29) is 24.3 Å². The molecule has 0 bridgehead atoms. The lowest BCUT2D eigenvalue weighted by Gasteiger charge is -2.13. The summed E-state index contributed by atoms with van der Waals surface area (Å²) in [6, 6.07) is 37.6. The summed E-state index contributed by atoms with van der Waals surface area (Å²) in [5.74, 6) is -1.68. The number of nitrogens with one attached hydrogen (secondary N) is 2. The average molecular weight is 589 g/mol. The molecule has 0 aromatic heterocycles. The van der Waals surface area contributed by atoms with E-state index in [4.69, 9.17) is 10.1 Å². The molecule has 5 aromatic carbocycles. The van der Waals surface area contributed by atoms with Crippen LogP contribution in [0.25, 0.3) is 0 Å². The van der Waals surface area contributed by atoms with E-state index in [1.54, 1.807) is 36.4 Å². The van der Waals surface area contributed by atoms with Gasteiger partial charge in [-0.15, -0.1) is 0 Å². The number of aromatic carboxylic acids is 1. The highest BCUT2D eigenvalue weighted by Crippen LogP contribution is 2.21. The monoisotopic (exact) mass is 588 g/mol. The summed E-state index contributed by atoms with van der Waals surface area (Å²) < 4.78 is 0. The molecule has 0 saturated heterocycles. The third kappa shape index (κ3) is 8.17. The highest BCUT2D eigenvalue weighted by molar-refractivity contribution is 6.10. The zero-order valence-corrected chi connectivity index (χ0v) is 23.9. The molecule has 4 N–H and O–H groups in total. The zero-order chi connectivity index (χ0) is 30.7. The van der Waals surface area contributed by atoms with Gasteiger partial charge in [0, 0.05) is 5.69 Å². The summed E-state index contributed by atoms with van der Waals surface area (Å²) in [7, 11) is 0. The van der Waals surface area contributed by atoms with E-state index in [1.165, 1.54) is 11.6 Å². The van der Waals surface area contributed by atoms with Crippen molar-refractivity contribution < 1.29 is 29.7 Å². The summed E-state index contributed by atoms with van der Waals surface area (Å²) >= 11 is 0. The van der Waals surface area contributed by atoms with E-state index in [1.807, 2.05) is 66.7 Å². The minimum absolute atomic E-state index is 0.0391. The number of benzene rings is 5. The Hall–Kier alpha value is -5.28. The van der Waals surface area contributed by atoms with E-state index in [0.29, 0.717) is 17.8 Å². The number of carbonyl (C=O) groups excluding carboxylic acids is 1. The number of rotatable bonds is 13. The van der Waals surface area contributed by atoms with Gasteiger partial charge in [0.05, 0.1) is 16.8 Å². The van der Waals surface area contributed by atoms with Gasteiger partial charge in [-0.3, -0.25) is 20.4 Å². The van der Waals surface area contributed by atoms with Gasteiger partial charge in [0.25, 0.3) is 5.91 Å². The number of amides is 1. The maximum Gasteiger partial charge on any atom is 0.336 e. The first kappa shape index (κ1) is 30.2. The first-order chi connectivity index (χ1) is 21.5. The number of anilines is 2. The number of carboxylic acid groups (broad SMARTS) is 1. The average Bonchev–Trinajstić information content (AvgIpc) is 3.04. The van der Waals surface area contributed by atoms with Gasteiger partial charge in [-0.25, -0.2) is 9.68 Å². The summed E-state index contributed by atoms with van der Waals surface area (Å²) in [6.07, 6.45) is 1.34. The van der Waals surface area contributed by atoms with Crippen molar-refractivity contribution in [3.05, 3.63) is 166 Å². The van der Waals surface area contributed by atoms with Crippen molar-refractivity contribution in [2.45, 2.75) is 26.1 Å². The molecule has 8 nitrogen and oxygen atoms in total. The lowest BCUT2D eigenvalue weighted by Crippen LogP contribution is -2.17. The molecule has 0 aliphatic rings. The van der Waals surface area contributed by atoms with Crippen LogP contribution in [-0.2, 0) is 35.8 Å². The van der Waals surface area contributed by atoms with E-state index >= 15 is 0 Å². The normalized spacial score (nSPS) is 10.8. The second-order valence-corrected chi connectivity index (χ2v) is 10.3. The predicted octanol–water partition coefficient (Wildman–Crippen LogP) is 7.35. The maximum atomic E-state index is 13.1. The Morgan fingerprint density at radius 3 is 1.80 bits per heavy atom. The first-order valence-corrected chi connectivity index (χ1v) is 14.1. The molecule has 8 heteroatoms. The molecule has 0 aliphatic carbocycles. The van der Waals surface area contributed by atoms with Crippen LogP contribution in [0, 0.1) is 0 Å². The number of hydrogen-bond acceptors (Lipinski definition) is 6. The number of carboxylic acids is 1. The standard InChI is InChI=1S/C36H32N2O6/c39-35(34-22-28(12-18-33(34)36(40)41)20-26-9-5-2-6-10-26)37-31-14-16-32(17-15-31)38-43-23-30-21-27(11-13-29(30)24-44-42)19-25-7-3-1-4-8-25/h1-18,21-22,38,42H,19-20,23-24H2,(H,37,39)(H,40,41). The Morgan fingerprint density at radius 2 is 1.18 bits per heavy atom. The van der Waals surface area contributed by atoms with Gasteiger partial charge < -0.3 is 10.4 Å². The molecule has 0 heterocycles. The maximum absolute atomic E-state index is 13.1. The molecule has 5 aromatic rings. The fourth-order valence-corrected chi connectivity index (χ4v) is 4.89. The van der Waals surface area contributed by atoms with Crippen molar-refractivity contribution in [1.82, 2.24) is 0 Å². The summed E-state index contributed by atoms with van der Waals surface area (Å²) in [6.45, 7) is 0.258. The third-order valence-electron chi connectivity index (χ3n) is 7.11. The molecule has 222 valence electrons. The fraction of sp³-hybridized carbons (Fsp3) is 0.111. The Morgan fingerprint density at radius 1 is 0.591 bits per heavy atom. The summed E-state index contributed by atoms with van der Waals surface area (Å²) in [5, 5.41) is 21.5. The van der Waals surface area contributed by atoms with Gasteiger partial charge in [-0.2, -0.15) is 0 Å². The first-order valence-electron chi connectivity index (χ1n) is 14.1. The predicted molar refractivity (Wildman–Crippen MR) is 169 cm³/mol. The Labute approximate surface area is 255 Å². The highest BCUT2D eigenvalue weighted by Gasteiger charge is 2.18. The molecule has 0 aliphatic heterocycles. The topological polar surface area (TPSA) is 117 Å². The van der Waals surface area contributed by atoms with Crippen LogP contribution in [0.5, 0.6) is 0 Å². The van der Waals surface area contributed by atoms with Crippen molar-refractivity contribution in [3.8, 4) is 0 Å². The van der Waals surface area contributed by atoms with Crippen LogP contribution in [0.2, 0.25) is 0 Å². The molecular weight excluding hydrogens is 556 g/mol. The van der Waals surface area contributed by atoms with Crippen LogP contribution in [0.4, 0.5) is 11.4 Å². The van der Waals surface area contributed by atoms with E-state index < -0.39 is 11.9 Å². The Bertz CT molecular complexity index is 1710. The van der Waals surface area contributed by atoms with Crippen molar-refractivity contribution >= 4 is 23.3 Å². The number of carbonyl (C=O) groups is 2.